The molecule has 102 valence electrons. The lowest BCUT2D eigenvalue weighted by molar-refractivity contribution is 0.355. The Hall–Kier alpha value is -2.22. The molecule has 0 saturated heterocycles. The molecule has 0 aromatic heterocycles. The fraction of sp³-hybridized carbons (Fsp3) is 0.222. The van der Waals surface area contributed by atoms with Gasteiger partial charge in [-0.1, -0.05) is 42.0 Å². The van der Waals surface area contributed by atoms with Crippen LogP contribution in [-0.2, 0) is 12.8 Å². The van der Waals surface area contributed by atoms with E-state index in [1.54, 1.807) is 14.2 Å². The predicted molar refractivity (Wildman–Crippen MR) is 81.4 cm³/mol. The maximum Gasteiger partial charge on any atom is 0.161 e. The first kappa shape index (κ1) is 12.8. The fourth-order valence-electron chi connectivity index (χ4n) is 2.73. The van der Waals surface area contributed by atoms with Gasteiger partial charge < -0.3 is 9.47 Å². The fourth-order valence-corrected chi connectivity index (χ4v) is 2.73. The molecule has 0 saturated carbocycles. The van der Waals surface area contributed by atoms with Crippen LogP contribution in [0.15, 0.2) is 48.0 Å². The SMILES string of the molecule is COc1ccc(C=C2Cc3ccccc3C2)cc1OC. The molecule has 1 aliphatic rings. The van der Waals surface area contributed by atoms with Crippen molar-refractivity contribution in [3.63, 3.8) is 0 Å². The highest BCUT2D eigenvalue weighted by Crippen LogP contribution is 2.31. The minimum absolute atomic E-state index is 0.768. The van der Waals surface area contributed by atoms with Crippen molar-refractivity contribution < 1.29 is 9.47 Å². The predicted octanol–water partition coefficient (Wildman–Crippen LogP) is 3.89. The molecule has 0 amide bonds. The molecule has 2 aromatic rings. The minimum Gasteiger partial charge on any atom is -0.493 e. The summed E-state index contributed by atoms with van der Waals surface area (Å²) in [6.07, 6.45) is 4.34. The van der Waals surface area contributed by atoms with Crippen LogP contribution >= 0.6 is 0 Å². The summed E-state index contributed by atoms with van der Waals surface area (Å²) in [6, 6.07) is 14.7. The highest BCUT2D eigenvalue weighted by atomic mass is 16.5. The lowest BCUT2D eigenvalue weighted by Crippen LogP contribution is -1.91. The Morgan fingerprint density at radius 3 is 2.10 bits per heavy atom. The van der Waals surface area contributed by atoms with Crippen molar-refractivity contribution in [2.24, 2.45) is 0 Å². The van der Waals surface area contributed by atoms with E-state index in [2.05, 4.69) is 36.4 Å². The van der Waals surface area contributed by atoms with Crippen LogP contribution < -0.4 is 9.47 Å². The second kappa shape index (κ2) is 5.41. The first-order valence-electron chi connectivity index (χ1n) is 6.78. The van der Waals surface area contributed by atoms with Gasteiger partial charge in [-0.15, -0.1) is 0 Å². The van der Waals surface area contributed by atoms with E-state index in [0.29, 0.717) is 0 Å². The third-order valence-corrected chi connectivity index (χ3v) is 3.73. The summed E-state index contributed by atoms with van der Waals surface area (Å²) >= 11 is 0. The van der Waals surface area contributed by atoms with Gasteiger partial charge in [0.25, 0.3) is 0 Å². The normalized spacial score (nSPS) is 13.0. The summed E-state index contributed by atoms with van der Waals surface area (Å²) in [4.78, 5) is 0. The summed E-state index contributed by atoms with van der Waals surface area (Å²) in [5.41, 5.74) is 5.49. The molecule has 0 heterocycles. The number of fused-ring (bicyclic) bond motifs is 1. The largest absolute Gasteiger partial charge is 0.493 e. The van der Waals surface area contributed by atoms with Crippen LogP contribution in [0.25, 0.3) is 6.08 Å². The van der Waals surface area contributed by atoms with E-state index in [0.717, 1.165) is 29.9 Å². The summed E-state index contributed by atoms with van der Waals surface area (Å²) < 4.78 is 10.6. The van der Waals surface area contributed by atoms with Crippen molar-refractivity contribution in [3.05, 3.63) is 64.7 Å². The summed E-state index contributed by atoms with van der Waals surface area (Å²) in [5, 5.41) is 0. The van der Waals surface area contributed by atoms with Crippen molar-refractivity contribution in [1.29, 1.82) is 0 Å². The summed E-state index contributed by atoms with van der Waals surface area (Å²) in [7, 11) is 3.32. The maximum atomic E-state index is 5.35. The van der Waals surface area contributed by atoms with Crippen LogP contribution in [0.3, 0.4) is 0 Å². The Morgan fingerprint density at radius 1 is 0.850 bits per heavy atom. The van der Waals surface area contributed by atoms with Gasteiger partial charge in [0, 0.05) is 0 Å². The molecule has 0 atom stereocenters. The second-order valence-corrected chi connectivity index (χ2v) is 5.04. The first-order chi connectivity index (χ1) is 9.80. The lowest BCUT2D eigenvalue weighted by atomic mass is 10.1. The van der Waals surface area contributed by atoms with E-state index in [-0.39, 0.29) is 0 Å². The molecular formula is C18H18O2. The zero-order valence-electron chi connectivity index (χ0n) is 11.8. The highest BCUT2D eigenvalue weighted by molar-refractivity contribution is 5.61. The molecule has 20 heavy (non-hydrogen) atoms. The Labute approximate surface area is 119 Å². The molecular weight excluding hydrogens is 248 g/mol. The van der Waals surface area contributed by atoms with E-state index in [1.807, 2.05) is 12.1 Å². The monoisotopic (exact) mass is 266 g/mol. The van der Waals surface area contributed by atoms with Gasteiger partial charge >= 0.3 is 0 Å². The van der Waals surface area contributed by atoms with Crippen molar-refractivity contribution in [3.8, 4) is 11.5 Å². The van der Waals surface area contributed by atoms with Crippen LogP contribution in [0.1, 0.15) is 16.7 Å². The number of hydrogen-bond acceptors (Lipinski definition) is 2. The quantitative estimate of drug-likeness (QED) is 0.839. The third kappa shape index (κ3) is 2.42. The molecule has 0 N–H and O–H groups in total. The van der Waals surface area contributed by atoms with Crippen LogP contribution in [0, 0.1) is 0 Å². The van der Waals surface area contributed by atoms with E-state index in [4.69, 9.17) is 9.47 Å². The molecule has 0 aliphatic heterocycles. The van der Waals surface area contributed by atoms with Gasteiger partial charge in [-0.3, -0.25) is 0 Å². The van der Waals surface area contributed by atoms with Gasteiger partial charge in [-0.2, -0.15) is 0 Å². The number of methoxy groups -OCH3 is 2. The standard InChI is InChI=1S/C18H18O2/c1-19-17-8-7-13(12-18(17)20-2)9-14-10-15-5-3-4-6-16(15)11-14/h3-9,12H,10-11H2,1-2H3. The molecule has 0 unspecified atom stereocenters. The molecule has 2 nitrogen and oxygen atoms in total. The molecule has 2 aromatic carbocycles. The van der Waals surface area contributed by atoms with E-state index >= 15 is 0 Å². The zero-order chi connectivity index (χ0) is 13.9. The number of ether oxygens (including phenoxy) is 2. The van der Waals surface area contributed by atoms with Gasteiger partial charge in [0.15, 0.2) is 11.5 Å². The second-order valence-electron chi connectivity index (χ2n) is 5.04. The smallest absolute Gasteiger partial charge is 0.161 e. The van der Waals surface area contributed by atoms with Gasteiger partial charge in [-0.25, -0.2) is 0 Å². The Kier molecular flexibility index (Phi) is 3.46. The van der Waals surface area contributed by atoms with E-state index in [9.17, 15) is 0 Å². The van der Waals surface area contributed by atoms with Crippen molar-refractivity contribution in [2.45, 2.75) is 12.8 Å². The Balaban J connectivity index is 1.87. The third-order valence-electron chi connectivity index (χ3n) is 3.73. The van der Waals surface area contributed by atoms with Crippen LogP contribution in [0.2, 0.25) is 0 Å². The number of hydrogen-bond donors (Lipinski definition) is 0. The summed E-state index contributed by atoms with van der Waals surface area (Å²) in [6.45, 7) is 0. The van der Waals surface area contributed by atoms with Crippen LogP contribution in [-0.4, -0.2) is 14.2 Å². The van der Waals surface area contributed by atoms with Crippen molar-refractivity contribution in [1.82, 2.24) is 0 Å². The van der Waals surface area contributed by atoms with Crippen molar-refractivity contribution >= 4 is 6.08 Å². The molecule has 0 radical (unpaired) electrons. The topological polar surface area (TPSA) is 18.5 Å². The average molecular weight is 266 g/mol. The van der Waals surface area contributed by atoms with E-state index < -0.39 is 0 Å². The van der Waals surface area contributed by atoms with Crippen molar-refractivity contribution in [2.75, 3.05) is 14.2 Å². The lowest BCUT2D eigenvalue weighted by Gasteiger charge is -2.08. The Bertz CT molecular complexity index is 629. The molecule has 2 heteroatoms. The average Bonchev–Trinajstić information content (AvgIpc) is 2.89. The van der Waals surface area contributed by atoms with Crippen LogP contribution in [0.5, 0.6) is 11.5 Å². The number of rotatable bonds is 3. The number of allylic oxidation sites excluding steroid dienone is 1. The first-order valence-corrected chi connectivity index (χ1v) is 6.78. The minimum atomic E-state index is 0.768. The molecule has 3 rings (SSSR count). The highest BCUT2D eigenvalue weighted by Gasteiger charge is 2.14. The molecule has 1 aliphatic carbocycles. The maximum absolute atomic E-state index is 5.35. The summed E-state index contributed by atoms with van der Waals surface area (Å²) in [5.74, 6) is 1.54. The van der Waals surface area contributed by atoms with Gasteiger partial charge in [0.05, 0.1) is 14.2 Å². The Morgan fingerprint density at radius 2 is 1.50 bits per heavy atom. The van der Waals surface area contributed by atoms with E-state index in [1.165, 1.54) is 16.7 Å². The molecule has 0 bridgehead atoms. The van der Waals surface area contributed by atoms with Gasteiger partial charge in [0.1, 0.15) is 0 Å². The number of benzene rings is 2. The molecule has 0 fully saturated rings. The molecule has 0 spiro atoms. The van der Waals surface area contributed by atoms with Gasteiger partial charge in [0.2, 0.25) is 0 Å². The van der Waals surface area contributed by atoms with Gasteiger partial charge in [-0.05, 0) is 41.7 Å². The zero-order valence-corrected chi connectivity index (χ0v) is 11.8. The van der Waals surface area contributed by atoms with Crippen LogP contribution in [0.4, 0.5) is 0 Å².